The maximum Gasteiger partial charge on any atom is 0.0710 e. The second kappa shape index (κ2) is 4.13. The maximum absolute atomic E-state index is 8.77. The molecule has 0 aliphatic carbocycles. The molecule has 1 rings (SSSR count). The fraction of sp³-hybridized carbons (Fsp3) is 0.300. The highest BCUT2D eigenvalue weighted by atomic mass is 35.5. The molecule has 0 unspecified atom stereocenters. The fourth-order valence-electron chi connectivity index (χ4n) is 1.10. The molecule has 0 aromatic heterocycles. The van der Waals surface area contributed by atoms with Crippen molar-refractivity contribution in [2.24, 2.45) is 0 Å². The predicted octanol–water partition coefficient (Wildman–Crippen LogP) is 3.36. The van der Waals surface area contributed by atoms with Crippen LogP contribution in [0, 0.1) is 11.3 Å². The van der Waals surface area contributed by atoms with Gasteiger partial charge in [0.15, 0.2) is 0 Å². The molecule has 0 saturated heterocycles. The summed E-state index contributed by atoms with van der Waals surface area (Å²) in [5.74, 6) is 0.00210. The number of benzene rings is 1. The first-order valence-corrected chi connectivity index (χ1v) is 4.30. The fourth-order valence-corrected chi connectivity index (χ4v) is 1.22. The van der Waals surface area contributed by atoms with Gasteiger partial charge in [0.05, 0.1) is 12.0 Å². The molecule has 0 spiro atoms. The molecule has 0 aliphatic heterocycles. The van der Waals surface area contributed by atoms with Crippen LogP contribution >= 0.6 is 11.6 Å². The molecule has 0 heterocycles. The number of halogens is 1. The zero-order valence-electron chi connectivity index (χ0n) is 6.92. The Hall–Kier alpha value is -1.00. The molecule has 1 aromatic carbocycles. The minimum atomic E-state index is 0.00210. The van der Waals surface area contributed by atoms with Crippen LogP contribution in [0.2, 0.25) is 5.02 Å². The Kier molecular flexibility index (Phi) is 3.13. The molecule has 12 heavy (non-hydrogen) atoms. The zero-order chi connectivity index (χ0) is 8.97. The van der Waals surface area contributed by atoms with Gasteiger partial charge in [0.2, 0.25) is 0 Å². The summed E-state index contributed by atoms with van der Waals surface area (Å²) in [6.07, 6.45) is 0.845. The van der Waals surface area contributed by atoms with Crippen molar-refractivity contribution in [3.8, 4) is 6.07 Å². The van der Waals surface area contributed by atoms with Crippen LogP contribution in [0.15, 0.2) is 24.3 Å². The van der Waals surface area contributed by atoms with Gasteiger partial charge in [-0.1, -0.05) is 30.7 Å². The lowest BCUT2D eigenvalue weighted by Crippen LogP contribution is -1.92. The Bertz CT molecular complexity index is 284. The highest BCUT2D eigenvalue weighted by Crippen LogP contribution is 2.20. The largest absolute Gasteiger partial charge is 0.198 e. The molecule has 1 nitrogen and oxygen atoms in total. The summed E-state index contributed by atoms with van der Waals surface area (Å²) in [5.41, 5.74) is 1.05. The predicted molar refractivity (Wildman–Crippen MR) is 50.1 cm³/mol. The van der Waals surface area contributed by atoms with Crippen molar-refractivity contribution in [1.29, 1.82) is 5.26 Å². The van der Waals surface area contributed by atoms with Crippen molar-refractivity contribution < 1.29 is 0 Å². The Morgan fingerprint density at radius 2 is 2.00 bits per heavy atom. The first kappa shape index (κ1) is 9.09. The van der Waals surface area contributed by atoms with E-state index in [0.29, 0.717) is 5.02 Å². The minimum Gasteiger partial charge on any atom is -0.198 e. The van der Waals surface area contributed by atoms with E-state index in [2.05, 4.69) is 6.07 Å². The van der Waals surface area contributed by atoms with E-state index in [9.17, 15) is 0 Å². The van der Waals surface area contributed by atoms with Crippen LogP contribution in [0.4, 0.5) is 0 Å². The van der Waals surface area contributed by atoms with Gasteiger partial charge in [-0.05, 0) is 24.1 Å². The number of nitrogens with zero attached hydrogens (tertiary/aromatic N) is 1. The topological polar surface area (TPSA) is 23.8 Å². The van der Waals surface area contributed by atoms with E-state index < -0.39 is 0 Å². The van der Waals surface area contributed by atoms with Gasteiger partial charge in [0.25, 0.3) is 0 Å². The Labute approximate surface area is 77.6 Å². The van der Waals surface area contributed by atoms with Crippen molar-refractivity contribution in [3.63, 3.8) is 0 Å². The van der Waals surface area contributed by atoms with Crippen LogP contribution < -0.4 is 0 Å². The van der Waals surface area contributed by atoms with E-state index in [1.807, 2.05) is 31.2 Å². The Morgan fingerprint density at radius 3 is 2.42 bits per heavy atom. The molecule has 0 bridgehead atoms. The Morgan fingerprint density at radius 1 is 1.42 bits per heavy atom. The zero-order valence-corrected chi connectivity index (χ0v) is 7.67. The number of hydrogen-bond acceptors (Lipinski definition) is 1. The third-order valence-corrected chi connectivity index (χ3v) is 2.09. The number of hydrogen-bond donors (Lipinski definition) is 0. The molecule has 0 amide bonds. The average molecular weight is 180 g/mol. The SMILES string of the molecule is CC[C@H](C#N)c1ccc(Cl)cc1. The molecule has 1 aromatic rings. The van der Waals surface area contributed by atoms with Crippen molar-refractivity contribution in [1.82, 2.24) is 0 Å². The van der Waals surface area contributed by atoms with Crippen molar-refractivity contribution >= 4 is 11.6 Å². The smallest absolute Gasteiger partial charge is 0.0710 e. The van der Waals surface area contributed by atoms with Crippen LogP contribution in [0.3, 0.4) is 0 Å². The molecule has 2 heteroatoms. The summed E-state index contributed by atoms with van der Waals surface area (Å²) in [6.45, 7) is 2.00. The molecule has 0 N–H and O–H groups in total. The highest BCUT2D eigenvalue weighted by Gasteiger charge is 2.06. The summed E-state index contributed by atoms with van der Waals surface area (Å²) >= 11 is 5.72. The van der Waals surface area contributed by atoms with Crippen LogP contribution in [0.1, 0.15) is 24.8 Å². The van der Waals surface area contributed by atoms with Gasteiger partial charge in [0, 0.05) is 5.02 Å². The lowest BCUT2D eigenvalue weighted by atomic mass is 9.98. The lowest BCUT2D eigenvalue weighted by molar-refractivity contribution is 0.818. The normalized spacial score (nSPS) is 12.1. The van der Waals surface area contributed by atoms with E-state index in [1.54, 1.807) is 0 Å². The molecule has 0 aliphatic rings. The van der Waals surface area contributed by atoms with E-state index >= 15 is 0 Å². The number of nitriles is 1. The molecular formula is C10H10ClN. The average Bonchev–Trinajstić information content (AvgIpc) is 2.10. The third-order valence-electron chi connectivity index (χ3n) is 1.84. The molecule has 0 saturated carbocycles. The lowest BCUT2D eigenvalue weighted by Gasteiger charge is -2.04. The van der Waals surface area contributed by atoms with Gasteiger partial charge < -0.3 is 0 Å². The van der Waals surface area contributed by atoms with Gasteiger partial charge in [-0.3, -0.25) is 0 Å². The second-order valence-electron chi connectivity index (χ2n) is 2.64. The summed E-state index contributed by atoms with van der Waals surface area (Å²) in [7, 11) is 0. The first-order valence-electron chi connectivity index (χ1n) is 3.93. The molecular weight excluding hydrogens is 170 g/mol. The van der Waals surface area contributed by atoms with Gasteiger partial charge in [0.1, 0.15) is 0 Å². The summed E-state index contributed by atoms with van der Waals surface area (Å²) in [5, 5.41) is 9.48. The summed E-state index contributed by atoms with van der Waals surface area (Å²) in [4.78, 5) is 0. The molecule has 0 fully saturated rings. The maximum atomic E-state index is 8.77. The van der Waals surface area contributed by atoms with Gasteiger partial charge >= 0.3 is 0 Å². The molecule has 62 valence electrons. The van der Waals surface area contributed by atoms with E-state index in [-0.39, 0.29) is 5.92 Å². The quantitative estimate of drug-likeness (QED) is 0.683. The third kappa shape index (κ3) is 1.99. The Balaban J connectivity index is 2.89. The van der Waals surface area contributed by atoms with Crippen LogP contribution in [-0.2, 0) is 0 Å². The van der Waals surface area contributed by atoms with Crippen LogP contribution in [0.25, 0.3) is 0 Å². The van der Waals surface area contributed by atoms with Crippen molar-refractivity contribution in [3.05, 3.63) is 34.9 Å². The first-order chi connectivity index (χ1) is 5.77. The van der Waals surface area contributed by atoms with Crippen LogP contribution in [-0.4, -0.2) is 0 Å². The summed E-state index contributed by atoms with van der Waals surface area (Å²) in [6, 6.07) is 9.68. The monoisotopic (exact) mass is 179 g/mol. The second-order valence-corrected chi connectivity index (χ2v) is 3.08. The van der Waals surface area contributed by atoms with E-state index in [1.165, 1.54) is 0 Å². The van der Waals surface area contributed by atoms with E-state index in [0.717, 1.165) is 12.0 Å². The standard InChI is InChI=1S/C10H10ClN/c1-2-8(7-12)9-3-5-10(11)6-4-9/h3-6,8H,2H2,1H3/t8-/m1/s1. The van der Waals surface area contributed by atoms with Crippen molar-refractivity contribution in [2.45, 2.75) is 19.3 Å². The minimum absolute atomic E-state index is 0.00210. The molecule has 1 atom stereocenters. The van der Waals surface area contributed by atoms with Gasteiger partial charge in [-0.25, -0.2) is 0 Å². The van der Waals surface area contributed by atoms with Crippen molar-refractivity contribution in [2.75, 3.05) is 0 Å². The number of rotatable bonds is 2. The van der Waals surface area contributed by atoms with Gasteiger partial charge in [-0.2, -0.15) is 5.26 Å². The highest BCUT2D eigenvalue weighted by molar-refractivity contribution is 6.30. The van der Waals surface area contributed by atoms with Crippen LogP contribution in [0.5, 0.6) is 0 Å². The van der Waals surface area contributed by atoms with Gasteiger partial charge in [-0.15, -0.1) is 0 Å². The summed E-state index contributed by atoms with van der Waals surface area (Å²) < 4.78 is 0. The van der Waals surface area contributed by atoms with E-state index in [4.69, 9.17) is 16.9 Å². The molecule has 0 radical (unpaired) electrons.